The van der Waals surface area contributed by atoms with Gasteiger partial charge in [0.2, 0.25) is 0 Å². The first-order valence-electron chi connectivity index (χ1n) is 9.88. The molecule has 180 valence electrons. The number of hydrogen-bond acceptors (Lipinski definition) is 9. The third-order valence-corrected chi connectivity index (χ3v) is 3.97. The van der Waals surface area contributed by atoms with Crippen molar-refractivity contribution in [1.29, 1.82) is 0 Å². The van der Waals surface area contributed by atoms with Crippen LogP contribution in [0, 0.1) is 0 Å². The fourth-order valence-electron chi connectivity index (χ4n) is 1.62. The van der Waals surface area contributed by atoms with Crippen LogP contribution in [0.2, 0.25) is 0 Å². The Morgan fingerprint density at radius 3 is 1.57 bits per heavy atom. The minimum absolute atomic E-state index is 0.000278. The fraction of sp³-hybridized carbons (Fsp3) is 0.833. The fourth-order valence-corrected chi connectivity index (χ4v) is 1.62. The average Bonchev–Trinajstić information content (AvgIpc) is 2.71. The molecular weight excluding hydrogens is 394 g/mol. The van der Waals surface area contributed by atoms with Gasteiger partial charge in [-0.15, -0.1) is 0 Å². The number of Topliss-reactive ketones (excluding diaryl/α,β-unsaturated/α-hetero) is 2. The van der Waals surface area contributed by atoms with E-state index in [2.05, 4.69) is 10.7 Å². The van der Waals surface area contributed by atoms with Crippen molar-refractivity contribution in [3.05, 3.63) is 0 Å². The van der Waals surface area contributed by atoms with Crippen molar-refractivity contribution < 1.29 is 30.6 Å². The van der Waals surface area contributed by atoms with Gasteiger partial charge in [0.15, 0.2) is 5.96 Å². The molecule has 0 aromatic rings. The molecule has 0 radical (unpaired) electrons. The van der Waals surface area contributed by atoms with Crippen molar-refractivity contribution in [2.75, 3.05) is 32.9 Å². The zero-order chi connectivity index (χ0) is 24.2. The number of nitrogens with zero attached hydrogens (tertiary/aromatic N) is 1. The maximum Gasteiger partial charge on any atom is 0.185 e. The van der Waals surface area contributed by atoms with Gasteiger partial charge in [0.25, 0.3) is 0 Å². The minimum Gasteiger partial charge on any atom is -0.394 e. The maximum atomic E-state index is 10.7. The number of aliphatic imine (C=N–C) groups is 1. The van der Waals surface area contributed by atoms with Crippen LogP contribution in [0.4, 0.5) is 0 Å². The molecule has 0 rings (SSSR count). The average molecular weight is 439 g/mol. The molecule has 0 unspecified atom stereocenters. The van der Waals surface area contributed by atoms with Crippen molar-refractivity contribution in [2.45, 2.75) is 63.6 Å². The second-order valence-corrected chi connectivity index (χ2v) is 7.07. The molecule has 0 saturated heterocycles. The van der Waals surface area contributed by atoms with E-state index >= 15 is 0 Å². The van der Waals surface area contributed by atoms with Gasteiger partial charge < -0.3 is 49.7 Å². The van der Waals surface area contributed by atoms with Gasteiger partial charge in [-0.05, 0) is 46.0 Å². The van der Waals surface area contributed by atoms with Gasteiger partial charge >= 0.3 is 0 Å². The predicted molar refractivity (Wildman–Crippen MR) is 117 cm³/mol. The van der Waals surface area contributed by atoms with E-state index < -0.39 is 25.4 Å². The second-order valence-electron chi connectivity index (χ2n) is 7.07. The molecule has 0 aromatic heterocycles. The Bertz CT molecular complexity index is 462. The Morgan fingerprint density at radius 1 is 0.900 bits per heavy atom. The number of quaternary nitrogens is 1. The van der Waals surface area contributed by atoms with Gasteiger partial charge in [-0.2, -0.15) is 0 Å². The smallest absolute Gasteiger partial charge is 0.185 e. The molecule has 0 amide bonds. The number of nitrogens with two attached hydrogens (primary N) is 5. The van der Waals surface area contributed by atoms with Crippen molar-refractivity contribution >= 4 is 17.5 Å². The number of aliphatic hydroxyl groups excluding tert-OH is 3. The number of rotatable bonds is 13. The van der Waals surface area contributed by atoms with Crippen LogP contribution in [0.15, 0.2) is 4.99 Å². The molecule has 0 bridgehead atoms. The Hall–Kier alpha value is -1.67. The normalized spacial score (nSPS) is 12.4. The van der Waals surface area contributed by atoms with Crippen LogP contribution < -0.4 is 34.4 Å². The molecule has 0 aromatic carbocycles. The van der Waals surface area contributed by atoms with Crippen LogP contribution >= 0.6 is 0 Å². The molecular formula is C18H44N7O5+. The summed E-state index contributed by atoms with van der Waals surface area (Å²) < 4.78 is 0. The SMILES string of the molecule is CC(=O)[C@@H](N)CCCC[NH3+].CC(=O)[C@@H](N)CCCN=C(N)N.NC(CO)(CO)CO. The number of carbonyl (C=O) groups is 2. The van der Waals surface area contributed by atoms with E-state index in [-0.39, 0.29) is 29.6 Å². The highest BCUT2D eigenvalue weighted by atomic mass is 16.3. The summed E-state index contributed by atoms with van der Waals surface area (Å²) in [6.45, 7) is 3.27. The summed E-state index contributed by atoms with van der Waals surface area (Å²) >= 11 is 0. The van der Waals surface area contributed by atoms with Crippen LogP contribution in [0.1, 0.15) is 46.0 Å². The Balaban J connectivity index is -0.000000372. The standard InChI is InChI=1S/C7H16N4O.C7H16N2O.C4H11NO3/c1-5(12)6(8)3-2-4-11-7(9)10;1-6(10)7(9)4-2-3-5-8;5-4(1-6,2-7)3-8/h6H,2-4,8H2,1H3,(H4,9,10,11);7H,2-5,8-9H2,1H3;6-8H,1-3,5H2/p+1/t6-;7-;/m00./s1. The maximum absolute atomic E-state index is 10.7. The number of hydrogen-bond donors (Lipinski definition) is 9. The molecule has 12 nitrogen and oxygen atoms in total. The monoisotopic (exact) mass is 438 g/mol. The molecule has 0 aliphatic carbocycles. The summed E-state index contributed by atoms with van der Waals surface area (Å²) in [4.78, 5) is 25.0. The topological polar surface area (TPSA) is 265 Å². The van der Waals surface area contributed by atoms with E-state index in [0.717, 1.165) is 32.2 Å². The van der Waals surface area contributed by atoms with E-state index in [1.807, 2.05) is 0 Å². The Labute approximate surface area is 179 Å². The zero-order valence-corrected chi connectivity index (χ0v) is 18.4. The number of carbonyl (C=O) groups excluding carboxylic acids is 2. The van der Waals surface area contributed by atoms with Gasteiger partial charge in [-0.25, -0.2) is 0 Å². The molecule has 0 heterocycles. The van der Waals surface area contributed by atoms with E-state index in [0.29, 0.717) is 13.0 Å². The minimum atomic E-state index is -1.21. The highest BCUT2D eigenvalue weighted by Gasteiger charge is 2.20. The summed E-state index contributed by atoms with van der Waals surface area (Å²) in [5, 5.41) is 25.0. The number of aliphatic hydroxyl groups is 3. The molecule has 0 aliphatic heterocycles. The molecule has 2 atom stereocenters. The van der Waals surface area contributed by atoms with E-state index in [1.165, 1.54) is 13.8 Å². The lowest BCUT2D eigenvalue weighted by atomic mass is 10.1. The lowest BCUT2D eigenvalue weighted by molar-refractivity contribution is -0.368. The lowest BCUT2D eigenvalue weighted by Crippen LogP contribution is -2.50. The van der Waals surface area contributed by atoms with Gasteiger partial charge in [0.1, 0.15) is 11.6 Å². The number of ketones is 2. The molecule has 16 N–H and O–H groups in total. The molecule has 30 heavy (non-hydrogen) atoms. The summed E-state index contributed by atoms with van der Waals surface area (Å²) in [5.74, 6) is 0.162. The van der Waals surface area contributed by atoms with Crippen LogP contribution in [0.3, 0.4) is 0 Å². The summed E-state index contributed by atoms with van der Waals surface area (Å²) in [6, 6.07) is -0.620. The van der Waals surface area contributed by atoms with Crippen molar-refractivity contribution in [2.24, 2.45) is 33.7 Å². The van der Waals surface area contributed by atoms with Crippen molar-refractivity contribution in [1.82, 2.24) is 0 Å². The Kier molecular flexibility index (Phi) is 22.6. The first-order chi connectivity index (χ1) is 13.9. The van der Waals surface area contributed by atoms with Crippen LogP contribution in [-0.4, -0.2) is 83.4 Å². The molecule has 12 heteroatoms. The lowest BCUT2D eigenvalue weighted by Gasteiger charge is -2.20. The van der Waals surface area contributed by atoms with Crippen molar-refractivity contribution in [3.8, 4) is 0 Å². The van der Waals surface area contributed by atoms with Crippen LogP contribution in [0.25, 0.3) is 0 Å². The third kappa shape index (κ3) is 22.6. The first-order valence-corrected chi connectivity index (χ1v) is 9.88. The molecule has 0 spiro atoms. The van der Waals surface area contributed by atoms with Gasteiger partial charge in [0.05, 0.1) is 44.0 Å². The predicted octanol–water partition coefficient (Wildman–Crippen LogP) is -4.07. The zero-order valence-electron chi connectivity index (χ0n) is 18.4. The summed E-state index contributed by atoms with van der Waals surface area (Å²) in [7, 11) is 0. The van der Waals surface area contributed by atoms with Crippen LogP contribution in [-0.2, 0) is 9.59 Å². The first kappa shape index (κ1) is 33.0. The third-order valence-electron chi connectivity index (χ3n) is 3.97. The van der Waals surface area contributed by atoms with Gasteiger partial charge in [0, 0.05) is 6.54 Å². The van der Waals surface area contributed by atoms with Gasteiger partial charge in [-0.1, -0.05) is 0 Å². The molecule has 0 fully saturated rings. The van der Waals surface area contributed by atoms with Crippen LogP contribution in [0.5, 0.6) is 0 Å². The van der Waals surface area contributed by atoms with Gasteiger partial charge in [-0.3, -0.25) is 14.6 Å². The van der Waals surface area contributed by atoms with Crippen molar-refractivity contribution in [3.63, 3.8) is 0 Å². The quantitative estimate of drug-likeness (QED) is 0.0762. The largest absolute Gasteiger partial charge is 0.394 e. The highest BCUT2D eigenvalue weighted by Crippen LogP contribution is 1.97. The van der Waals surface area contributed by atoms with E-state index in [1.54, 1.807) is 0 Å². The summed E-state index contributed by atoms with van der Waals surface area (Å²) in [5.41, 5.74) is 28.8. The molecule has 0 aliphatic rings. The highest BCUT2D eigenvalue weighted by molar-refractivity contribution is 5.81. The van der Waals surface area contributed by atoms with E-state index in [9.17, 15) is 9.59 Å². The number of unbranched alkanes of at least 4 members (excludes halogenated alkanes) is 1. The molecule has 0 saturated carbocycles. The number of guanidine groups is 1. The second kappa shape index (κ2) is 20.6. The Morgan fingerprint density at radius 2 is 1.30 bits per heavy atom. The van der Waals surface area contributed by atoms with E-state index in [4.69, 9.17) is 44.0 Å². The summed E-state index contributed by atoms with van der Waals surface area (Å²) in [6.07, 6.45) is 4.26.